The third kappa shape index (κ3) is 4.26. The van der Waals surface area contributed by atoms with E-state index in [1.54, 1.807) is 11.2 Å². The second-order valence-corrected chi connectivity index (χ2v) is 5.93. The molecule has 2 heterocycles. The molecule has 1 aliphatic rings. The highest BCUT2D eigenvalue weighted by molar-refractivity contribution is 5.95. The summed E-state index contributed by atoms with van der Waals surface area (Å²) in [4.78, 5) is 14.3. The average molecular weight is 326 g/mol. The normalized spacial score (nSPS) is 18.0. The SMILES string of the molecule is O=C(c1cccc(NC/C=C/c2ccco2)c1)N1CCCC(O)C1. The van der Waals surface area contributed by atoms with Gasteiger partial charge in [0.1, 0.15) is 5.76 Å². The Balaban J connectivity index is 1.58. The smallest absolute Gasteiger partial charge is 0.254 e. The summed E-state index contributed by atoms with van der Waals surface area (Å²) in [5.41, 5.74) is 1.53. The van der Waals surface area contributed by atoms with E-state index in [0.29, 0.717) is 25.2 Å². The van der Waals surface area contributed by atoms with E-state index in [4.69, 9.17) is 4.42 Å². The minimum atomic E-state index is -0.407. The third-order valence-electron chi connectivity index (χ3n) is 4.04. The highest BCUT2D eigenvalue weighted by atomic mass is 16.3. The van der Waals surface area contributed by atoms with Gasteiger partial charge >= 0.3 is 0 Å². The molecule has 3 rings (SSSR count). The number of anilines is 1. The van der Waals surface area contributed by atoms with Crippen LogP contribution in [-0.4, -0.2) is 41.7 Å². The molecule has 5 heteroatoms. The number of nitrogens with zero attached hydrogens (tertiary/aromatic N) is 1. The maximum atomic E-state index is 12.5. The van der Waals surface area contributed by atoms with Gasteiger partial charge in [0.05, 0.1) is 12.4 Å². The molecule has 1 unspecified atom stereocenters. The number of hydrogen-bond acceptors (Lipinski definition) is 4. The molecule has 0 bridgehead atoms. The van der Waals surface area contributed by atoms with Crippen LogP contribution >= 0.6 is 0 Å². The number of hydrogen-bond donors (Lipinski definition) is 2. The first-order chi connectivity index (χ1) is 11.7. The molecule has 24 heavy (non-hydrogen) atoms. The molecule has 0 saturated carbocycles. The van der Waals surface area contributed by atoms with Crippen molar-refractivity contribution in [3.8, 4) is 0 Å². The molecule has 2 N–H and O–H groups in total. The van der Waals surface area contributed by atoms with Crippen molar-refractivity contribution in [2.75, 3.05) is 25.0 Å². The Morgan fingerprint density at radius 3 is 3.08 bits per heavy atom. The molecule has 1 aliphatic heterocycles. The zero-order valence-corrected chi connectivity index (χ0v) is 13.5. The number of amides is 1. The molecule has 0 radical (unpaired) electrons. The van der Waals surface area contributed by atoms with Crippen molar-refractivity contribution < 1.29 is 14.3 Å². The summed E-state index contributed by atoms with van der Waals surface area (Å²) in [6.45, 7) is 1.77. The maximum Gasteiger partial charge on any atom is 0.254 e. The topological polar surface area (TPSA) is 65.7 Å². The molecular formula is C19H22N2O3. The van der Waals surface area contributed by atoms with E-state index < -0.39 is 6.10 Å². The van der Waals surface area contributed by atoms with E-state index in [-0.39, 0.29) is 5.91 Å². The second kappa shape index (κ2) is 7.84. The van der Waals surface area contributed by atoms with Gasteiger partial charge < -0.3 is 19.7 Å². The van der Waals surface area contributed by atoms with Crippen LogP contribution in [0.2, 0.25) is 0 Å². The summed E-state index contributed by atoms with van der Waals surface area (Å²) in [6.07, 6.45) is 6.72. The van der Waals surface area contributed by atoms with Gasteiger partial charge in [0, 0.05) is 30.9 Å². The first-order valence-corrected chi connectivity index (χ1v) is 8.24. The number of rotatable bonds is 5. The number of aliphatic hydroxyl groups is 1. The lowest BCUT2D eigenvalue weighted by Crippen LogP contribution is -2.42. The van der Waals surface area contributed by atoms with E-state index in [0.717, 1.165) is 24.3 Å². The standard InChI is InChI=1S/C19H22N2O3/c22-17-7-3-11-21(14-17)19(23)15-5-1-6-16(13-15)20-10-2-8-18-9-4-12-24-18/h1-2,4-6,8-9,12-13,17,20,22H,3,7,10-11,14H2/b8-2+. The molecule has 5 nitrogen and oxygen atoms in total. The second-order valence-electron chi connectivity index (χ2n) is 5.93. The Kier molecular flexibility index (Phi) is 5.33. The summed E-state index contributed by atoms with van der Waals surface area (Å²) in [5.74, 6) is 0.785. The lowest BCUT2D eigenvalue weighted by molar-refractivity contribution is 0.0474. The Hall–Kier alpha value is -2.53. The first-order valence-electron chi connectivity index (χ1n) is 8.24. The highest BCUT2D eigenvalue weighted by Crippen LogP contribution is 2.16. The average Bonchev–Trinajstić information content (AvgIpc) is 3.12. The molecule has 1 saturated heterocycles. The van der Waals surface area contributed by atoms with Crippen LogP contribution in [0.1, 0.15) is 29.0 Å². The van der Waals surface area contributed by atoms with Crippen LogP contribution in [0.3, 0.4) is 0 Å². The van der Waals surface area contributed by atoms with Gasteiger partial charge in [-0.05, 0) is 49.2 Å². The van der Waals surface area contributed by atoms with E-state index in [1.807, 2.05) is 48.6 Å². The summed E-state index contributed by atoms with van der Waals surface area (Å²) in [6, 6.07) is 11.2. The molecule has 2 aromatic rings. The monoisotopic (exact) mass is 326 g/mol. The number of aliphatic hydroxyl groups excluding tert-OH is 1. The van der Waals surface area contributed by atoms with Crippen molar-refractivity contribution in [2.24, 2.45) is 0 Å². The summed E-state index contributed by atoms with van der Waals surface area (Å²) in [7, 11) is 0. The Morgan fingerprint density at radius 2 is 2.29 bits per heavy atom. The number of piperidine rings is 1. The van der Waals surface area contributed by atoms with Crippen LogP contribution in [0.4, 0.5) is 5.69 Å². The molecule has 1 aromatic carbocycles. The molecule has 1 fully saturated rings. The molecule has 1 amide bonds. The van der Waals surface area contributed by atoms with Crippen LogP contribution < -0.4 is 5.32 Å². The zero-order valence-electron chi connectivity index (χ0n) is 13.5. The van der Waals surface area contributed by atoms with Gasteiger partial charge in [-0.2, -0.15) is 0 Å². The molecular weight excluding hydrogens is 304 g/mol. The number of furan rings is 1. The molecule has 0 spiro atoms. The van der Waals surface area contributed by atoms with Crippen LogP contribution in [0.15, 0.2) is 53.2 Å². The molecule has 1 aromatic heterocycles. The van der Waals surface area contributed by atoms with Crippen LogP contribution in [0, 0.1) is 0 Å². The number of carbonyl (C=O) groups is 1. The molecule has 0 aliphatic carbocycles. The summed E-state index contributed by atoms with van der Waals surface area (Å²) < 4.78 is 5.23. The lowest BCUT2D eigenvalue weighted by Gasteiger charge is -2.30. The molecule has 1 atom stereocenters. The van der Waals surface area contributed by atoms with Crippen LogP contribution in [-0.2, 0) is 0 Å². The van der Waals surface area contributed by atoms with Gasteiger partial charge in [0.15, 0.2) is 0 Å². The zero-order chi connectivity index (χ0) is 16.8. The van der Waals surface area contributed by atoms with Gasteiger partial charge in [0.2, 0.25) is 0 Å². The summed E-state index contributed by atoms with van der Waals surface area (Å²) in [5, 5.41) is 13.0. The quantitative estimate of drug-likeness (QED) is 0.886. The van der Waals surface area contributed by atoms with Crippen molar-refractivity contribution in [3.63, 3.8) is 0 Å². The number of nitrogens with one attached hydrogen (secondary N) is 1. The predicted octanol–water partition coefficient (Wildman–Crippen LogP) is 3.00. The maximum absolute atomic E-state index is 12.5. The van der Waals surface area contributed by atoms with E-state index in [1.165, 1.54) is 0 Å². The first kappa shape index (κ1) is 16.3. The van der Waals surface area contributed by atoms with Crippen molar-refractivity contribution >= 4 is 17.7 Å². The van der Waals surface area contributed by atoms with Crippen molar-refractivity contribution in [2.45, 2.75) is 18.9 Å². The van der Waals surface area contributed by atoms with Crippen molar-refractivity contribution in [1.82, 2.24) is 4.90 Å². The van der Waals surface area contributed by atoms with Gasteiger partial charge in [-0.1, -0.05) is 12.1 Å². The van der Waals surface area contributed by atoms with Crippen molar-refractivity contribution in [3.05, 3.63) is 60.1 Å². The van der Waals surface area contributed by atoms with Crippen molar-refractivity contribution in [1.29, 1.82) is 0 Å². The van der Waals surface area contributed by atoms with Gasteiger partial charge in [-0.3, -0.25) is 4.79 Å². The number of likely N-dealkylation sites (tertiary alicyclic amines) is 1. The minimum Gasteiger partial charge on any atom is -0.465 e. The fourth-order valence-electron chi connectivity index (χ4n) is 2.82. The fraction of sp³-hybridized carbons (Fsp3) is 0.316. The Morgan fingerprint density at radius 1 is 1.38 bits per heavy atom. The molecule has 126 valence electrons. The van der Waals surface area contributed by atoms with Gasteiger partial charge in [0.25, 0.3) is 5.91 Å². The third-order valence-corrected chi connectivity index (χ3v) is 4.04. The summed E-state index contributed by atoms with van der Waals surface area (Å²) >= 11 is 0. The van der Waals surface area contributed by atoms with Crippen LogP contribution in [0.5, 0.6) is 0 Å². The van der Waals surface area contributed by atoms with Gasteiger partial charge in [-0.15, -0.1) is 0 Å². The van der Waals surface area contributed by atoms with E-state index >= 15 is 0 Å². The van der Waals surface area contributed by atoms with E-state index in [2.05, 4.69) is 5.32 Å². The highest BCUT2D eigenvalue weighted by Gasteiger charge is 2.23. The largest absolute Gasteiger partial charge is 0.465 e. The minimum absolute atomic E-state index is 0.0245. The Bertz CT molecular complexity index is 694. The van der Waals surface area contributed by atoms with E-state index in [9.17, 15) is 9.90 Å². The number of carbonyl (C=O) groups excluding carboxylic acids is 1. The fourth-order valence-corrected chi connectivity index (χ4v) is 2.82. The van der Waals surface area contributed by atoms with Gasteiger partial charge in [-0.25, -0.2) is 0 Å². The van der Waals surface area contributed by atoms with Crippen LogP contribution in [0.25, 0.3) is 6.08 Å². The number of β-amino-alcohol motifs (C(OH)–C–C–N with tert-alkyl or cyclic N) is 1. The number of benzene rings is 1. The Labute approximate surface area is 141 Å². The lowest BCUT2D eigenvalue weighted by atomic mass is 10.1. The predicted molar refractivity (Wildman–Crippen MR) is 93.8 cm³/mol.